The van der Waals surface area contributed by atoms with Crippen LogP contribution in [0.15, 0.2) is 0 Å². The second-order valence-corrected chi connectivity index (χ2v) is 1.45. The molecular weight excluding hydrogens is 135 g/mol. The summed E-state index contributed by atoms with van der Waals surface area (Å²) < 4.78 is 18.0. The lowest BCUT2D eigenvalue weighted by molar-refractivity contribution is -0.233. The van der Waals surface area contributed by atoms with E-state index in [0.29, 0.717) is 0 Å². The minimum Gasteiger partial charge on any atom is -0.227 e. The van der Waals surface area contributed by atoms with Crippen LogP contribution in [-0.4, -0.2) is 14.2 Å². The quantitative estimate of drug-likeness (QED) is 0.329. The van der Waals surface area contributed by atoms with Crippen molar-refractivity contribution in [2.45, 2.75) is 0 Å². The fourth-order valence-electron chi connectivity index (χ4n) is 0.134. The first-order chi connectivity index (χ1) is 3.81. The van der Waals surface area contributed by atoms with Crippen LogP contribution in [0, 0.1) is 0 Å². The topological polar surface area (TPSA) is 54.0 Å². The average molecular weight is 141 g/mol. The molecule has 8 heavy (non-hydrogen) atoms. The van der Waals surface area contributed by atoms with E-state index in [1.165, 1.54) is 14.2 Å². The zero-order valence-electron chi connectivity index (χ0n) is 4.49. The van der Waals surface area contributed by atoms with Gasteiger partial charge in [0.2, 0.25) is 0 Å². The van der Waals surface area contributed by atoms with Gasteiger partial charge in [0.1, 0.15) is 0 Å². The molecule has 0 aromatic carbocycles. The Morgan fingerprint density at radius 1 is 1.12 bits per heavy atom. The molecule has 0 N–H and O–H groups in total. The molecule has 0 atom stereocenters. The van der Waals surface area contributed by atoms with Crippen LogP contribution in [-0.2, 0) is 23.7 Å². The molecule has 0 spiro atoms. The van der Waals surface area contributed by atoms with Gasteiger partial charge in [0.25, 0.3) is 0 Å². The molecule has 0 fully saturated rings. The molecule has 0 bridgehead atoms. The van der Waals surface area contributed by atoms with E-state index in [2.05, 4.69) is 19.1 Å². The molecular formula is C2H6O5P. The van der Waals surface area contributed by atoms with Crippen molar-refractivity contribution in [3.8, 4) is 0 Å². The number of hydrogen-bond acceptors (Lipinski definition) is 5. The van der Waals surface area contributed by atoms with Crippen molar-refractivity contribution in [3.05, 3.63) is 0 Å². The molecule has 0 saturated carbocycles. The van der Waals surface area contributed by atoms with Crippen LogP contribution in [0.3, 0.4) is 0 Å². The fourth-order valence-corrected chi connectivity index (χ4v) is 0.402. The minimum absolute atomic E-state index is 1.21. The second-order valence-electron chi connectivity index (χ2n) is 0.706. The van der Waals surface area contributed by atoms with Crippen molar-refractivity contribution < 1.29 is 23.7 Å². The smallest absolute Gasteiger partial charge is 0.227 e. The zero-order valence-corrected chi connectivity index (χ0v) is 5.38. The van der Waals surface area contributed by atoms with Gasteiger partial charge in [-0.2, -0.15) is 0 Å². The van der Waals surface area contributed by atoms with Gasteiger partial charge < -0.3 is 0 Å². The summed E-state index contributed by atoms with van der Waals surface area (Å²) in [5.41, 5.74) is 0. The van der Waals surface area contributed by atoms with Gasteiger partial charge in [-0.3, -0.25) is 0 Å². The summed E-state index contributed by atoms with van der Waals surface area (Å²) in [6, 6.07) is 0. The molecule has 0 saturated heterocycles. The summed E-state index contributed by atoms with van der Waals surface area (Å²) >= 11 is 0. The van der Waals surface area contributed by atoms with Crippen molar-refractivity contribution in [3.63, 3.8) is 0 Å². The van der Waals surface area contributed by atoms with Gasteiger partial charge in [0.15, 0.2) is 0 Å². The van der Waals surface area contributed by atoms with Crippen LogP contribution in [0.4, 0.5) is 0 Å². The van der Waals surface area contributed by atoms with Gasteiger partial charge in [0, 0.05) is 0 Å². The Kier molecular flexibility index (Phi) is 5.05. The lowest BCUT2D eigenvalue weighted by atomic mass is 11.8. The highest BCUT2D eigenvalue weighted by Crippen LogP contribution is 2.22. The molecule has 6 heteroatoms. The monoisotopic (exact) mass is 141 g/mol. The zero-order chi connectivity index (χ0) is 6.41. The van der Waals surface area contributed by atoms with Crippen molar-refractivity contribution in [2.75, 3.05) is 14.2 Å². The van der Waals surface area contributed by atoms with Gasteiger partial charge in [-0.15, -0.1) is 9.35 Å². The molecule has 0 aromatic rings. The first-order valence-corrected chi connectivity index (χ1v) is 2.79. The van der Waals surface area contributed by atoms with Crippen LogP contribution >= 0.6 is 8.25 Å². The molecule has 0 rings (SSSR count). The lowest BCUT2D eigenvalue weighted by Gasteiger charge is -1.92. The van der Waals surface area contributed by atoms with Gasteiger partial charge in [-0.25, -0.2) is 14.3 Å². The average Bonchev–Trinajstić information content (AvgIpc) is 1.68. The number of hydrogen-bond donors (Lipinski definition) is 0. The van der Waals surface area contributed by atoms with E-state index in [-0.39, 0.29) is 0 Å². The molecule has 5 nitrogen and oxygen atoms in total. The van der Waals surface area contributed by atoms with Crippen LogP contribution < -0.4 is 0 Å². The van der Waals surface area contributed by atoms with E-state index in [4.69, 9.17) is 0 Å². The standard InChI is InChI=1S/C2H6O5P/c1-4-6-8(3)7-5-2/h1-2H3. The van der Waals surface area contributed by atoms with Gasteiger partial charge in [0.05, 0.1) is 14.2 Å². The predicted octanol–water partition coefficient (Wildman–Crippen LogP) is 0.800. The third kappa shape index (κ3) is 4.11. The predicted molar refractivity (Wildman–Crippen MR) is 23.8 cm³/mol. The van der Waals surface area contributed by atoms with Crippen LogP contribution in [0.2, 0.25) is 0 Å². The maximum atomic E-state index is 10.1. The summed E-state index contributed by atoms with van der Waals surface area (Å²) in [4.78, 5) is 7.93. The largest absolute Gasteiger partial charge is 0.427 e. The van der Waals surface area contributed by atoms with Crippen LogP contribution in [0.5, 0.6) is 0 Å². The van der Waals surface area contributed by atoms with Crippen molar-refractivity contribution in [2.24, 2.45) is 0 Å². The molecule has 0 amide bonds. The molecule has 0 aliphatic heterocycles. The first-order valence-electron chi connectivity index (χ1n) is 1.70. The van der Waals surface area contributed by atoms with Gasteiger partial charge in [-0.05, 0) is 0 Å². The van der Waals surface area contributed by atoms with E-state index >= 15 is 0 Å². The SMILES string of the molecule is COO[P](=O)OOC. The Balaban J connectivity index is 3.06. The van der Waals surface area contributed by atoms with Gasteiger partial charge >= 0.3 is 8.25 Å². The summed E-state index contributed by atoms with van der Waals surface area (Å²) in [6.45, 7) is 0. The Hall–Kier alpha value is -0.0600. The summed E-state index contributed by atoms with van der Waals surface area (Å²) in [5.74, 6) is 0. The van der Waals surface area contributed by atoms with Crippen molar-refractivity contribution in [1.29, 1.82) is 0 Å². The van der Waals surface area contributed by atoms with Gasteiger partial charge in [-0.1, -0.05) is 0 Å². The maximum Gasteiger partial charge on any atom is 0.427 e. The molecule has 0 aliphatic rings. The summed E-state index contributed by atoms with van der Waals surface area (Å²) in [6.07, 6.45) is 0. The van der Waals surface area contributed by atoms with Crippen molar-refractivity contribution in [1.82, 2.24) is 0 Å². The second kappa shape index (κ2) is 5.08. The molecule has 0 aromatic heterocycles. The van der Waals surface area contributed by atoms with E-state index in [9.17, 15) is 4.57 Å². The normalized spacial score (nSPS) is 9.25. The Morgan fingerprint density at radius 2 is 1.50 bits per heavy atom. The van der Waals surface area contributed by atoms with E-state index in [1.54, 1.807) is 0 Å². The highest BCUT2D eigenvalue weighted by Gasteiger charge is 1.98. The minimum atomic E-state index is -2.28. The Labute approximate surface area is 47.3 Å². The third-order valence-corrected chi connectivity index (χ3v) is 0.812. The molecule has 1 radical (unpaired) electrons. The summed E-state index contributed by atoms with van der Waals surface area (Å²) in [5, 5.41) is 0. The van der Waals surface area contributed by atoms with Crippen molar-refractivity contribution >= 4 is 8.25 Å². The molecule has 0 aliphatic carbocycles. The third-order valence-electron chi connectivity index (χ3n) is 0.271. The van der Waals surface area contributed by atoms with E-state index in [0.717, 1.165) is 0 Å². The highest BCUT2D eigenvalue weighted by atomic mass is 31.1. The Bertz CT molecular complexity index is 64.8. The van der Waals surface area contributed by atoms with Crippen LogP contribution in [0.25, 0.3) is 0 Å². The highest BCUT2D eigenvalue weighted by molar-refractivity contribution is 7.32. The molecule has 49 valence electrons. The first kappa shape index (κ1) is 7.94. The Morgan fingerprint density at radius 3 is 1.75 bits per heavy atom. The fraction of sp³-hybridized carbons (Fsp3) is 1.00. The summed E-state index contributed by atoms with van der Waals surface area (Å²) in [7, 11) is 0.154. The number of rotatable bonds is 4. The molecule has 0 unspecified atom stereocenters. The van der Waals surface area contributed by atoms with E-state index in [1.807, 2.05) is 0 Å². The maximum absolute atomic E-state index is 10.1. The van der Waals surface area contributed by atoms with Crippen LogP contribution in [0.1, 0.15) is 0 Å². The molecule has 0 heterocycles. The van der Waals surface area contributed by atoms with E-state index < -0.39 is 8.25 Å². The lowest BCUT2D eigenvalue weighted by Crippen LogP contribution is -1.81.